The molecule has 0 aromatic heterocycles. The fraction of sp³-hybridized carbons (Fsp3) is 0.333. The molecule has 10 nitrogen and oxygen atoms in total. The summed E-state index contributed by atoms with van der Waals surface area (Å²) in [6.45, 7) is 10.4. The van der Waals surface area contributed by atoms with Crippen molar-refractivity contribution < 1.29 is 37.9 Å². The molecule has 0 amide bonds. The molecule has 10 heteroatoms. The molecule has 6 aliphatic rings. The first-order valence-corrected chi connectivity index (χ1v) is 20.0. The number of hydrogen-bond donors (Lipinski definition) is 0. The highest BCUT2D eigenvalue weighted by Gasteiger charge is 2.38. The molecule has 0 fully saturated rings. The molecule has 300 valence electrons. The molecular weight excluding hydrogens is 733 g/mol. The predicted molar refractivity (Wildman–Crippen MR) is 225 cm³/mol. The van der Waals surface area contributed by atoms with Crippen molar-refractivity contribution in [2.75, 3.05) is 55.1 Å². The molecule has 10 rings (SSSR count). The Bertz CT molecular complexity index is 2350. The lowest BCUT2D eigenvalue weighted by Crippen LogP contribution is -2.35. The van der Waals surface area contributed by atoms with Crippen LogP contribution in [-0.4, -0.2) is 64.9 Å². The SMILES string of the molecule is C=CCC1c2c(ccc(OC)c2OC)C=C2c3cc4c(cc3CCN21)OCO4.C=CCCCC1c2c(ccc(OC)c2OC)C=C2c3cc4c(cc3CCN21)OCO4. The molecule has 0 bridgehead atoms. The van der Waals surface area contributed by atoms with Gasteiger partial charge in [0, 0.05) is 46.7 Å². The van der Waals surface area contributed by atoms with Gasteiger partial charge in [-0.2, -0.15) is 0 Å². The third kappa shape index (κ3) is 6.26. The Morgan fingerprint density at radius 2 is 1.10 bits per heavy atom. The summed E-state index contributed by atoms with van der Waals surface area (Å²) in [7, 11) is 6.80. The Morgan fingerprint density at radius 1 is 0.621 bits per heavy atom. The van der Waals surface area contributed by atoms with Gasteiger partial charge in [0.1, 0.15) is 0 Å². The first kappa shape index (κ1) is 37.4. The lowest BCUT2D eigenvalue weighted by molar-refractivity contribution is 0.173. The molecule has 4 aromatic carbocycles. The van der Waals surface area contributed by atoms with Gasteiger partial charge in [-0.1, -0.05) is 24.3 Å². The van der Waals surface area contributed by atoms with Crippen molar-refractivity contribution in [1.29, 1.82) is 0 Å². The highest BCUT2D eigenvalue weighted by molar-refractivity contribution is 5.89. The number of nitrogens with zero attached hydrogens (tertiary/aromatic N) is 2. The topological polar surface area (TPSA) is 80.3 Å². The lowest BCUT2D eigenvalue weighted by Gasteiger charge is -2.43. The minimum absolute atomic E-state index is 0.149. The molecule has 0 spiro atoms. The number of hydrogen-bond acceptors (Lipinski definition) is 10. The molecule has 2 atom stereocenters. The molecule has 0 N–H and O–H groups in total. The van der Waals surface area contributed by atoms with Crippen molar-refractivity contribution in [2.45, 2.75) is 50.6 Å². The Morgan fingerprint density at radius 3 is 1.57 bits per heavy atom. The summed E-state index contributed by atoms with van der Waals surface area (Å²) < 4.78 is 45.3. The van der Waals surface area contributed by atoms with Gasteiger partial charge in [-0.3, -0.25) is 0 Å². The van der Waals surface area contributed by atoms with Crippen LogP contribution in [0.15, 0.2) is 73.8 Å². The van der Waals surface area contributed by atoms with E-state index in [0.717, 1.165) is 109 Å². The zero-order valence-corrected chi connectivity index (χ0v) is 33.7. The fourth-order valence-electron chi connectivity index (χ4n) is 9.50. The maximum absolute atomic E-state index is 5.84. The van der Waals surface area contributed by atoms with E-state index in [0.29, 0.717) is 13.6 Å². The zero-order chi connectivity index (χ0) is 39.9. The summed E-state index contributed by atoms with van der Waals surface area (Å²) in [5, 5.41) is 0. The standard InChI is InChI=1S/C25H27NO4.C23H23NO4/c1-4-5-6-7-19-24-17(8-9-21(27-2)25(24)28-3)12-20-18-14-23-22(29-15-30-23)13-16(18)10-11-26(19)20;1-4-5-17-22-15(6-7-19(25-2)23(22)26-3)10-18-16-12-21-20(27-13-28-21)11-14(16)8-9-24(17)18/h4,8-9,12-14,19H,1,5-7,10-11,15H2,2-3H3;4,6-7,10-12,17H,1,5,8-9,13H2,2-3H3. The number of ether oxygens (including phenoxy) is 8. The third-order valence-corrected chi connectivity index (χ3v) is 12.1. The van der Waals surface area contributed by atoms with E-state index in [-0.39, 0.29) is 12.1 Å². The minimum Gasteiger partial charge on any atom is -0.493 e. The number of fused-ring (bicyclic) bond motifs is 10. The van der Waals surface area contributed by atoms with Crippen molar-refractivity contribution in [3.05, 3.63) is 118 Å². The molecule has 6 heterocycles. The second-order valence-electron chi connectivity index (χ2n) is 15.1. The van der Waals surface area contributed by atoms with Gasteiger partial charge in [-0.15, -0.1) is 13.2 Å². The molecule has 0 saturated heterocycles. The fourth-order valence-corrected chi connectivity index (χ4v) is 9.50. The van der Waals surface area contributed by atoms with Crippen LogP contribution in [0, 0.1) is 0 Å². The highest BCUT2D eigenvalue weighted by Crippen LogP contribution is 2.53. The van der Waals surface area contributed by atoms with Crippen molar-refractivity contribution >= 4 is 23.5 Å². The van der Waals surface area contributed by atoms with E-state index in [2.05, 4.69) is 71.5 Å². The average molecular weight is 783 g/mol. The monoisotopic (exact) mass is 782 g/mol. The van der Waals surface area contributed by atoms with Crippen LogP contribution in [0.2, 0.25) is 0 Å². The van der Waals surface area contributed by atoms with Gasteiger partial charge in [-0.25, -0.2) is 0 Å². The third-order valence-electron chi connectivity index (χ3n) is 12.1. The van der Waals surface area contributed by atoms with E-state index in [1.165, 1.54) is 44.8 Å². The molecular formula is C48H50N2O8. The quantitative estimate of drug-likeness (QED) is 0.115. The second-order valence-corrected chi connectivity index (χ2v) is 15.1. The van der Waals surface area contributed by atoms with E-state index in [4.69, 9.17) is 37.9 Å². The zero-order valence-electron chi connectivity index (χ0n) is 33.7. The smallest absolute Gasteiger partial charge is 0.231 e. The average Bonchev–Trinajstić information content (AvgIpc) is 3.93. The Hall–Kier alpha value is -6.16. The molecule has 0 radical (unpaired) electrons. The van der Waals surface area contributed by atoms with Crippen molar-refractivity contribution in [3.63, 3.8) is 0 Å². The highest BCUT2D eigenvalue weighted by atomic mass is 16.7. The normalized spacial score (nSPS) is 18.3. The van der Waals surface area contributed by atoms with E-state index in [9.17, 15) is 0 Å². The van der Waals surface area contributed by atoms with Gasteiger partial charge >= 0.3 is 0 Å². The first-order chi connectivity index (χ1) is 28.5. The molecule has 0 saturated carbocycles. The molecule has 2 unspecified atom stereocenters. The van der Waals surface area contributed by atoms with Crippen LogP contribution in [0.4, 0.5) is 0 Å². The van der Waals surface area contributed by atoms with Crippen LogP contribution >= 0.6 is 0 Å². The maximum Gasteiger partial charge on any atom is 0.231 e. The van der Waals surface area contributed by atoms with Crippen LogP contribution < -0.4 is 37.9 Å². The summed E-state index contributed by atoms with van der Waals surface area (Å²) in [6, 6.07) is 17.1. The lowest BCUT2D eigenvalue weighted by atomic mass is 9.84. The van der Waals surface area contributed by atoms with Gasteiger partial charge in [0.25, 0.3) is 0 Å². The Balaban J connectivity index is 0.000000151. The maximum atomic E-state index is 5.84. The van der Waals surface area contributed by atoms with Crippen molar-refractivity contribution in [2.24, 2.45) is 0 Å². The number of methoxy groups -OCH3 is 4. The largest absolute Gasteiger partial charge is 0.493 e. The van der Waals surface area contributed by atoms with Gasteiger partial charge in [0.15, 0.2) is 46.0 Å². The van der Waals surface area contributed by atoms with Gasteiger partial charge < -0.3 is 47.7 Å². The van der Waals surface area contributed by atoms with Crippen LogP contribution in [0.1, 0.15) is 82.3 Å². The first-order valence-electron chi connectivity index (χ1n) is 20.0. The van der Waals surface area contributed by atoms with Crippen molar-refractivity contribution in [1.82, 2.24) is 9.80 Å². The summed E-state index contributed by atoms with van der Waals surface area (Å²) in [4.78, 5) is 4.98. The number of benzene rings is 4. The number of allylic oxidation sites excluding steroid dienone is 1. The number of unbranched alkanes of at least 4 members (excludes halogenated alkanes) is 1. The second kappa shape index (κ2) is 15.6. The summed E-state index contributed by atoms with van der Waals surface area (Å²) >= 11 is 0. The minimum atomic E-state index is 0.149. The Kier molecular flexibility index (Phi) is 10.1. The molecule has 58 heavy (non-hydrogen) atoms. The van der Waals surface area contributed by atoms with Crippen LogP contribution in [0.3, 0.4) is 0 Å². The van der Waals surface area contributed by atoms with E-state index in [1.807, 2.05) is 24.3 Å². The number of rotatable bonds is 10. The van der Waals surface area contributed by atoms with Crippen LogP contribution in [0.25, 0.3) is 23.5 Å². The summed E-state index contributed by atoms with van der Waals surface area (Å²) in [6.07, 6.45) is 14.4. The molecule has 6 aliphatic heterocycles. The van der Waals surface area contributed by atoms with Crippen molar-refractivity contribution in [3.8, 4) is 46.0 Å². The summed E-state index contributed by atoms with van der Waals surface area (Å²) in [5.41, 5.74) is 12.2. The predicted octanol–water partition coefficient (Wildman–Crippen LogP) is 9.62. The van der Waals surface area contributed by atoms with Crippen LogP contribution in [-0.2, 0) is 12.8 Å². The van der Waals surface area contributed by atoms with Gasteiger partial charge in [0.05, 0.1) is 40.5 Å². The van der Waals surface area contributed by atoms with Gasteiger partial charge in [0.2, 0.25) is 13.6 Å². The summed E-state index contributed by atoms with van der Waals surface area (Å²) in [5.74, 6) is 6.53. The van der Waals surface area contributed by atoms with Crippen LogP contribution in [0.5, 0.6) is 46.0 Å². The van der Waals surface area contributed by atoms with E-state index >= 15 is 0 Å². The van der Waals surface area contributed by atoms with E-state index < -0.39 is 0 Å². The molecule has 4 aromatic rings. The Labute approximate surface area is 340 Å². The van der Waals surface area contributed by atoms with E-state index in [1.54, 1.807) is 28.4 Å². The van der Waals surface area contributed by atoms with Gasteiger partial charge in [-0.05, 0) is 109 Å². The molecule has 0 aliphatic carbocycles.